The van der Waals surface area contributed by atoms with E-state index < -0.39 is 5.97 Å². The molecule has 92 valence electrons. The Morgan fingerprint density at radius 2 is 2.12 bits per heavy atom. The van der Waals surface area contributed by atoms with E-state index in [9.17, 15) is 4.79 Å². The molecule has 0 aliphatic heterocycles. The molecule has 1 aliphatic carbocycles. The van der Waals surface area contributed by atoms with Crippen LogP contribution in [0.2, 0.25) is 5.02 Å². The zero-order chi connectivity index (χ0) is 12.6. The Labute approximate surface area is 106 Å². The van der Waals surface area contributed by atoms with Gasteiger partial charge >= 0.3 is 5.97 Å². The highest BCUT2D eigenvalue weighted by molar-refractivity contribution is 6.33. The fourth-order valence-electron chi connectivity index (χ4n) is 2.05. The molecule has 2 N–H and O–H groups in total. The van der Waals surface area contributed by atoms with Gasteiger partial charge in [0.1, 0.15) is 0 Å². The maximum atomic E-state index is 10.8. The summed E-state index contributed by atoms with van der Waals surface area (Å²) < 4.78 is 0. The monoisotopic (exact) mass is 253 g/mol. The molecule has 0 radical (unpaired) electrons. The number of hydrogen-bond donors (Lipinski definition) is 2. The lowest BCUT2D eigenvalue weighted by atomic mass is 9.98. The molecule has 0 atom stereocenters. The molecular weight excluding hydrogens is 238 g/mol. The molecule has 0 unspecified atom stereocenters. The van der Waals surface area contributed by atoms with Crippen LogP contribution in [-0.2, 0) is 0 Å². The van der Waals surface area contributed by atoms with Gasteiger partial charge in [0.05, 0.1) is 10.6 Å². The third-order valence-corrected chi connectivity index (χ3v) is 3.58. The van der Waals surface area contributed by atoms with Gasteiger partial charge in [-0.1, -0.05) is 11.6 Å². The van der Waals surface area contributed by atoms with Crippen LogP contribution in [0.5, 0.6) is 0 Å². The molecule has 0 heterocycles. The molecule has 17 heavy (non-hydrogen) atoms. The predicted octanol–water partition coefficient (Wildman–Crippen LogP) is 3.64. The quantitative estimate of drug-likeness (QED) is 0.861. The third kappa shape index (κ3) is 2.72. The number of halogens is 1. The van der Waals surface area contributed by atoms with Crippen molar-refractivity contribution >= 4 is 23.3 Å². The third-order valence-electron chi connectivity index (χ3n) is 3.26. The smallest absolute Gasteiger partial charge is 0.337 e. The Bertz CT molecular complexity index is 453. The molecule has 4 heteroatoms. The first-order chi connectivity index (χ1) is 7.90. The van der Waals surface area contributed by atoms with Crippen molar-refractivity contribution in [1.82, 2.24) is 0 Å². The van der Waals surface area contributed by atoms with Gasteiger partial charge in [-0.05, 0) is 50.8 Å². The number of hydrogen-bond acceptors (Lipinski definition) is 2. The second-order valence-corrected chi connectivity index (χ2v) is 5.53. The van der Waals surface area contributed by atoms with E-state index in [2.05, 4.69) is 19.2 Å². The minimum Gasteiger partial charge on any atom is -0.478 e. The van der Waals surface area contributed by atoms with Crippen molar-refractivity contribution in [2.45, 2.75) is 32.2 Å². The molecule has 1 aromatic carbocycles. The van der Waals surface area contributed by atoms with E-state index in [1.54, 1.807) is 12.1 Å². The minimum absolute atomic E-state index is 0.0358. The van der Waals surface area contributed by atoms with E-state index in [4.69, 9.17) is 16.7 Å². The van der Waals surface area contributed by atoms with Gasteiger partial charge in [-0.2, -0.15) is 0 Å². The Kier molecular flexibility index (Phi) is 3.04. The normalized spacial score (nSPS) is 15.7. The fraction of sp³-hybridized carbons (Fsp3) is 0.462. The summed E-state index contributed by atoms with van der Waals surface area (Å²) in [5.41, 5.74) is 1.05. The number of anilines is 1. The summed E-state index contributed by atoms with van der Waals surface area (Å²) in [5, 5.41) is 12.6. The van der Waals surface area contributed by atoms with Gasteiger partial charge in [0.2, 0.25) is 0 Å². The number of carboxylic acid groups (broad SMARTS) is 1. The number of carbonyl (C=O) groups is 1. The highest BCUT2D eigenvalue weighted by Gasteiger charge is 2.37. The van der Waals surface area contributed by atoms with E-state index in [1.807, 2.05) is 0 Å². The van der Waals surface area contributed by atoms with Crippen molar-refractivity contribution in [3.05, 3.63) is 28.8 Å². The topological polar surface area (TPSA) is 49.3 Å². The van der Waals surface area contributed by atoms with Crippen LogP contribution < -0.4 is 5.32 Å². The molecule has 1 saturated carbocycles. The number of benzene rings is 1. The predicted molar refractivity (Wildman–Crippen MR) is 68.8 cm³/mol. The van der Waals surface area contributed by atoms with Crippen LogP contribution >= 0.6 is 11.6 Å². The van der Waals surface area contributed by atoms with Crippen molar-refractivity contribution in [2.24, 2.45) is 5.92 Å². The number of carboxylic acids is 1. The number of rotatable bonds is 4. The Morgan fingerprint density at radius 1 is 1.47 bits per heavy atom. The van der Waals surface area contributed by atoms with Crippen molar-refractivity contribution in [1.29, 1.82) is 0 Å². The van der Waals surface area contributed by atoms with Gasteiger partial charge in [-0.3, -0.25) is 0 Å². The Morgan fingerprint density at radius 3 is 2.59 bits per heavy atom. The summed E-state index contributed by atoms with van der Waals surface area (Å²) in [5.74, 6) is -0.302. The van der Waals surface area contributed by atoms with E-state index >= 15 is 0 Å². The standard InChI is InChI=1S/C13H16ClNO2/c1-13(2,8-3-4-8)15-9-5-6-10(12(16)17)11(14)7-9/h5-8,15H,3-4H2,1-2H3,(H,16,17). The minimum atomic E-state index is -0.997. The van der Waals surface area contributed by atoms with Crippen LogP contribution in [0.15, 0.2) is 18.2 Å². The zero-order valence-corrected chi connectivity index (χ0v) is 10.7. The zero-order valence-electron chi connectivity index (χ0n) is 9.96. The molecule has 0 aromatic heterocycles. The largest absolute Gasteiger partial charge is 0.478 e. The summed E-state index contributed by atoms with van der Waals surface area (Å²) in [6.45, 7) is 4.31. The molecule has 0 spiro atoms. The second-order valence-electron chi connectivity index (χ2n) is 5.12. The van der Waals surface area contributed by atoms with Crippen molar-refractivity contribution in [2.75, 3.05) is 5.32 Å². The average molecular weight is 254 g/mol. The lowest BCUT2D eigenvalue weighted by Gasteiger charge is -2.27. The lowest BCUT2D eigenvalue weighted by Crippen LogP contribution is -2.33. The van der Waals surface area contributed by atoms with E-state index in [1.165, 1.54) is 18.9 Å². The number of nitrogens with one attached hydrogen (secondary N) is 1. The van der Waals surface area contributed by atoms with Crippen molar-refractivity contribution < 1.29 is 9.90 Å². The van der Waals surface area contributed by atoms with Gasteiger partial charge in [0, 0.05) is 11.2 Å². The number of aromatic carboxylic acids is 1. The van der Waals surface area contributed by atoms with Crippen LogP contribution in [-0.4, -0.2) is 16.6 Å². The maximum absolute atomic E-state index is 10.8. The molecule has 1 aliphatic rings. The maximum Gasteiger partial charge on any atom is 0.337 e. The van der Waals surface area contributed by atoms with E-state index in [0.29, 0.717) is 5.92 Å². The SMILES string of the molecule is CC(C)(Nc1ccc(C(=O)O)c(Cl)c1)C1CC1. The van der Waals surface area contributed by atoms with Crippen molar-refractivity contribution in [3.63, 3.8) is 0 Å². The lowest BCUT2D eigenvalue weighted by molar-refractivity contribution is 0.0697. The highest BCUT2D eigenvalue weighted by Crippen LogP contribution is 2.41. The summed E-state index contributed by atoms with van der Waals surface area (Å²) in [4.78, 5) is 10.8. The van der Waals surface area contributed by atoms with E-state index in [-0.39, 0.29) is 16.1 Å². The van der Waals surface area contributed by atoms with Gasteiger partial charge in [-0.25, -0.2) is 4.79 Å². The Hall–Kier alpha value is -1.22. The first-order valence-corrected chi connectivity index (χ1v) is 6.09. The molecule has 0 amide bonds. The summed E-state index contributed by atoms with van der Waals surface area (Å²) in [6, 6.07) is 4.98. The fourth-order valence-corrected chi connectivity index (χ4v) is 2.31. The first kappa shape index (κ1) is 12.2. The Balaban J connectivity index is 2.17. The summed E-state index contributed by atoms with van der Waals surface area (Å²) in [7, 11) is 0. The highest BCUT2D eigenvalue weighted by atomic mass is 35.5. The van der Waals surface area contributed by atoms with Crippen LogP contribution in [0.1, 0.15) is 37.0 Å². The van der Waals surface area contributed by atoms with Crippen LogP contribution in [0.3, 0.4) is 0 Å². The van der Waals surface area contributed by atoms with E-state index in [0.717, 1.165) is 5.69 Å². The van der Waals surface area contributed by atoms with Gasteiger partial charge in [0.15, 0.2) is 0 Å². The molecular formula is C13H16ClNO2. The molecule has 0 saturated heterocycles. The van der Waals surface area contributed by atoms with Gasteiger partial charge in [-0.15, -0.1) is 0 Å². The van der Waals surface area contributed by atoms with Crippen LogP contribution in [0.25, 0.3) is 0 Å². The van der Waals surface area contributed by atoms with Gasteiger partial charge < -0.3 is 10.4 Å². The second kappa shape index (κ2) is 4.22. The molecule has 0 bridgehead atoms. The van der Waals surface area contributed by atoms with Gasteiger partial charge in [0.25, 0.3) is 0 Å². The van der Waals surface area contributed by atoms with Crippen LogP contribution in [0, 0.1) is 5.92 Å². The molecule has 1 aromatic rings. The first-order valence-electron chi connectivity index (χ1n) is 5.71. The molecule has 1 fully saturated rings. The van der Waals surface area contributed by atoms with Crippen LogP contribution in [0.4, 0.5) is 5.69 Å². The summed E-state index contributed by atoms with van der Waals surface area (Å²) in [6.07, 6.45) is 2.50. The average Bonchev–Trinajstić information content (AvgIpc) is 2.98. The molecule has 2 rings (SSSR count). The van der Waals surface area contributed by atoms with Crippen molar-refractivity contribution in [3.8, 4) is 0 Å². The molecule has 3 nitrogen and oxygen atoms in total. The summed E-state index contributed by atoms with van der Waals surface area (Å²) >= 11 is 5.93.